The van der Waals surface area contributed by atoms with Crippen LogP contribution in [-0.2, 0) is 6.61 Å². The Morgan fingerprint density at radius 2 is 1.84 bits per heavy atom. The summed E-state index contributed by atoms with van der Waals surface area (Å²) in [6.07, 6.45) is 1.85. The first-order valence-electron chi connectivity index (χ1n) is 5.60. The minimum atomic E-state index is 0.309. The van der Waals surface area contributed by atoms with Gasteiger partial charge in [-0.15, -0.1) is 10.2 Å². The predicted molar refractivity (Wildman–Crippen MR) is 73.8 cm³/mol. The number of benzene rings is 1. The Hall–Kier alpha value is -1.78. The van der Waals surface area contributed by atoms with Gasteiger partial charge in [0.25, 0.3) is 0 Å². The fourth-order valence-corrected chi connectivity index (χ4v) is 2.04. The van der Waals surface area contributed by atoms with Crippen LogP contribution in [0.5, 0.6) is 5.75 Å². The Bertz CT molecular complexity index is 709. The molecule has 0 saturated heterocycles. The fraction of sp³-hybridized carbons (Fsp3) is 0.0769. The van der Waals surface area contributed by atoms with Crippen LogP contribution in [0, 0.1) is 0 Å². The van der Waals surface area contributed by atoms with Gasteiger partial charge < -0.3 is 4.74 Å². The first-order valence-corrected chi connectivity index (χ1v) is 6.36. The average Bonchev–Trinajstić information content (AvgIpc) is 2.83. The maximum atomic E-state index is 6.03. The zero-order valence-corrected chi connectivity index (χ0v) is 11.3. The van der Waals surface area contributed by atoms with E-state index in [4.69, 9.17) is 27.9 Å². The van der Waals surface area contributed by atoms with Crippen LogP contribution in [-0.4, -0.2) is 14.6 Å². The molecule has 0 spiro atoms. The van der Waals surface area contributed by atoms with Crippen molar-refractivity contribution in [2.45, 2.75) is 6.61 Å². The molecule has 0 aliphatic carbocycles. The molecule has 96 valence electrons. The van der Waals surface area contributed by atoms with E-state index in [1.807, 2.05) is 12.3 Å². The first kappa shape index (κ1) is 12.3. The van der Waals surface area contributed by atoms with Gasteiger partial charge in [-0.25, -0.2) is 0 Å². The van der Waals surface area contributed by atoms with Crippen LogP contribution in [0.1, 0.15) is 5.82 Å². The Morgan fingerprint density at radius 3 is 2.63 bits per heavy atom. The monoisotopic (exact) mass is 293 g/mol. The highest BCUT2D eigenvalue weighted by molar-refractivity contribution is 6.33. The van der Waals surface area contributed by atoms with E-state index in [1.165, 1.54) is 0 Å². The van der Waals surface area contributed by atoms with Gasteiger partial charge in [0.1, 0.15) is 12.4 Å². The van der Waals surface area contributed by atoms with Gasteiger partial charge >= 0.3 is 0 Å². The van der Waals surface area contributed by atoms with Crippen LogP contribution in [0.2, 0.25) is 10.0 Å². The molecule has 0 atom stereocenters. The van der Waals surface area contributed by atoms with Crippen molar-refractivity contribution < 1.29 is 4.74 Å². The van der Waals surface area contributed by atoms with Crippen LogP contribution >= 0.6 is 23.2 Å². The van der Waals surface area contributed by atoms with E-state index < -0.39 is 0 Å². The van der Waals surface area contributed by atoms with Gasteiger partial charge in [0.2, 0.25) is 0 Å². The summed E-state index contributed by atoms with van der Waals surface area (Å²) in [5, 5.41) is 9.33. The molecule has 3 aromatic rings. The lowest BCUT2D eigenvalue weighted by Crippen LogP contribution is -2.01. The molecular formula is C13H9Cl2N3O. The molecule has 4 nitrogen and oxygen atoms in total. The molecule has 0 radical (unpaired) electrons. The highest BCUT2D eigenvalue weighted by atomic mass is 35.5. The Balaban J connectivity index is 1.82. The average molecular weight is 294 g/mol. The Labute approximate surface area is 119 Å². The molecule has 1 aromatic carbocycles. The molecule has 0 aliphatic heterocycles. The topological polar surface area (TPSA) is 39.4 Å². The minimum absolute atomic E-state index is 0.309. The van der Waals surface area contributed by atoms with Gasteiger partial charge in [-0.2, -0.15) is 0 Å². The number of pyridine rings is 1. The standard InChI is InChI=1S/C13H9Cl2N3O/c14-9-3-5-10(6-4-9)19-8-12-16-17-13-11(15)2-1-7-18(12)13/h1-7H,8H2. The summed E-state index contributed by atoms with van der Waals surface area (Å²) in [7, 11) is 0. The van der Waals surface area contributed by atoms with Crippen molar-refractivity contribution in [1.29, 1.82) is 0 Å². The molecule has 2 aromatic heterocycles. The van der Waals surface area contributed by atoms with E-state index in [0.717, 1.165) is 5.75 Å². The lowest BCUT2D eigenvalue weighted by Gasteiger charge is -2.05. The minimum Gasteiger partial charge on any atom is -0.486 e. The molecule has 19 heavy (non-hydrogen) atoms. The maximum absolute atomic E-state index is 6.03. The van der Waals surface area contributed by atoms with E-state index >= 15 is 0 Å². The van der Waals surface area contributed by atoms with Crippen LogP contribution in [0.25, 0.3) is 5.65 Å². The van der Waals surface area contributed by atoms with Gasteiger partial charge in [0.15, 0.2) is 11.5 Å². The van der Waals surface area contributed by atoms with Crippen molar-refractivity contribution in [2.75, 3.05) is 0 Å². The summed E-state index contributed by atoms with van der Waals surface area (Å²) >= 11 is 11.8. The quantitative estimate of drug-likeness (QED) is 0.740. The van der Waals surface area contributed by atoms with Crippen molar-refractivity contribution in [3.05, 3.63) is 58.5 Å². The number of hydrogen-bond acceptors (Lipinski definition) is 3. The zero-order chi connectivity index (χ0) is 13.2. The molecule has 0 bridgehead atoms. The number of ether oxygens (including phenoxy) is 1. The SMILES string of the molecule is Clc1ccc(OCc2nnc3c(Cl)cccn23)cc1. The summed E-state index contributed by atoms with van der Waals surface area (Å²) in [6.45, 7) is 0.309. The predicted octanol–water partition coefficient (Wildman–Crippen LogP) is 3.62. The number of fused-ring (bicyclic) bond motifs is 1. The van der Waals surface area contributed by atoms with Gasteiger partial charge in [-0.3, -0.25) is 4.40 Å². The largest absolute Gasteiger partial charge is 0.486 e. The Kier molecular flexibility index (Phi) is 3.27. The third-order valence-corrected chi connectivity index (χ3v) is 3.19. The molecule has 2 heterocycles. The summed E-state index contributed by atoms with van der Waals surface area (Å²) in [5.41, 5.74) is 0.624. The van der Waals surface area contributed by atoms with Gasteiger partial charge in [-0.1, -0.05) is 23.2 Å². The smallest absolute Gasteiger partial charge is 0.179 e. The lowest BCUT2D eigenvalue weighted by molar-refractivity contribution is 0.294. The number of hydrogen-bond donors (Lipinski definition) is 0. The second-order valence-corrected chi connectivity index (χ2v) is 4.75. The van der Waals surface area contributed by atoms with Gasteiger partial charge in [0.05, 0.1) is 5.02 Å². The molecule has 0 fully saturated rings. The van der Waals surface area contributed by atoms with E-state index in [0.29, 0.717) is 28.1 Å². The molecule has 0 N–H and O–H groups in total. The molecule has 0 unspecified atom stereocenters. The molecular weight excluding hydrogens is 285 g/mol. The van der Waals surface area contributed by atoms with E-state index in [9.17, 15) is 0 Å². The van der Waals surface area contributed by atoms with Gasteiger partial charge in [0, 0.05) is 11.2 Å². The lowest BCUT2D eigenvalue weighted by atomic mass is 10.3. The second-order valence-electron chi connectivity index (χ2n) is 3.91. The van der Waals surface area contributed by atoms with E-state index in [1.54, 1.807) is 34.7 Å². The van der Waals surface area contributed by atoms with Crippen LogP contribution < -0.4 is 4.74 Å². The zero-order valence-electron chi connectivity index (χ0n) is 9.75. The highest BCUT2D eigenvalue weighted by Crippen LogP contribution is 2.18. The van der Waals surface area contributed by atoms with Crippen LogP contribution in [0.4, 0.5) is 0 Å². The summed E-state index contributed by atoms with van der Waals surface area (Å²) in [6, 6.07) is 10.8. The molecule has 6 heteroatoms. The Morgan fingerprint density at radius 1 is 1.05 bits per heavy atom. The molecule has 0 saturated carbocycles. The van der Waals surface area contributed by atoms with Crippen LogP contribution in [0.15, 0.2) is 42.6 Å². The summed E-state index contributed by atoms with van der Waals surface area (Å²) in [4.78, 5) is 0. The van der Waals surface area contributed by atoms with E-state index in [-0.39, 0.29) is 0 Å². The third-order valence-electron chi connectivity index (χ3n) is 2.64. The maximum Gasteiger partial charge on any atom is 0.179 e. The van der Waals surface area contributed by atoms with Crippen molar-refractivity contribution in [3.8, 4) is 5.75 Å². The number of nitrogens with zero attached hydrogens (tertiary/aromatic N) is 3. The number of rotatable bonds is 3. The normalized spacial score (nSPS) is 10.8. The van der Waals surface area contributed by atoms with Crippen molar-refractivity contribution in [1.82, 2.24) is 14.6 Å². The second kappa shape index (κ2) is 5.07. The number of aromatic nitrogens is 3. The van der Waals surface area contributed by atoms with Crippen molar-refractivity contribution in [3.63, 3.8) is 0 Å². The highest BCUT2D eigenvalue weighted by Gasteiger charge is 2.08. The van der Waals surface area contributed by atoms with Crippen molar-refractivity contribution >= 4 is 28.8 Å². The molecule has 0 amide bonds. The molecule has 0 aliphatic rings. The van der Waals surface area contributed by atoms with Crippen molar-refractivity contribution in [2.24, 2.45) is 0 Å². The molecule has 3 rings (SSSR count). The summed E-state index contributed by atoms with van der Waals surface area (Å²) < 4.78 is 7.43. The van der Waals surface area contributed by atoms with Gasteiger partial charge in [-0.05, 0) is 36.4 Å². The number of halogens is 2. The summed E-state index contributed by atoms with van der Waals surface area (Å²) in [5.74, 6) is 1.41. The van der Waals surface area contributed by atoms with E-state index in [2.05, 4.69) is 10.2 Å². The fourth-order valence-electron chi connectivity index (χ4n) is 1.71. The van der Waals surface area contributed by atoms with Crippen LogP contribution in [0.3, 0.4) is 0 Å². The third kappa shape index (κ3) is 2.50. The first-order chi connectivity index (χ1) is 9.24.